The largest absolute Gasteiger partial charge is 0.481 e. The molecule has 4 atom stereocenters. The van der Waals surface area contributed by atoms with Gasteiger partial charge in [0.1, 0.15) is 5.78 Å². The van der Waals surface area contributed by atoms with Gasteiger partial charge in [-0.05, 0) is 25.7 Å². The monoisotopic (exact) mass is 372 g/mol. The summed E-state index contributed by atoms with van der Waals surface area (Å²) in [6.07, 6.45) is 9.04. The number of carboxylic acid groups (broad SMARTS) is 1. The summed E-state index contributed by atoms with van der Waals surface area (Å²) in [5, 5.41) is 28.6. The van der Waals surface area contributed by atoms with E-state index in [0.29, 0.717) is 25.0 Å². The number of thioether (sulfide) groups is 1. The second kappa shape index (κ2) is 12.5. The van der Waals surface area contributed by atoms with E-state index in [1.807, 2.05) is 12.2 Å². The number of carboxylic acids is 1. The SMILES string of the molecule is CCCCCC(O)CSC1C(O)CC(=O)C1C/C=C\CCCC(=O)O. The molecule has 144 valence electrons. The lowest BCUT2D eigenvalue weighted by atomic mass is 10.0. The predicted octanol–water partition coefficient (Wildman–Crippen LogP) is 3.18. The molecular formula is C19H32O5S. The fraction of sp³-hybridized carbons (Fsp3) is 0.789. The van der Waals surface area contributed by atoms with Gasteiger partial charge in [0.25, 0.3) is 0 Å². The van der Waals surface area contributed by atoms with Crippen LogP contribution in [0.2, 0.25) is 0 Å². The van der Waals surface area contributed by atoms with E-state index in [4.69, 9.17) is 5.11 Å². The van der Waals surface area contributed by atoms with Crippen molar-refractivity contribution in [2.24, 2.45) is 5.92 Å². The van der Waals surface area contributed by atoms with Crippen molar-refractivity contribution in [3.8, 4) is 0 Å². The number of hydrogen-bond acceptors (Lipinski definition) is 5. The molecule has 0 aliphatic heterocycles. The summed E-state index contributed by atoms with van der Waals surface area (Å²) >= 11 is 1.51. The van der Waals surface area contributed by atoms with Crippen LogP contribution in [-0.2, 0) is 9.59 Å². The molecule has 5 nitrogen and oxygen atoms in total. The van der Waals surface area contributed by atoms with Gasteiger partial charge in [-0.2, -0.15) is 11.8 Å². The summed E-state index contributed by atoms with van der Waals surface area (Å²) in [5.41, 5.74) is 0. The average Bonchev–Trinajstić information content (AvgIpc) is 2.82. The van der Waals surface area contributed by atoms with Crippen LogP contribution in [0.3, 0.4) is 0 Å². The van der Waals surface area contributed by atoms with E-state index in [0.717, 1.165) is 25.7 Å². The zero-order valence-electron chi connectivity index (χ0n) is 15.1. The molecular weight excluding hydrogens is 340 g/mol. The van der Waals surface area contributed by atoms with E-state index in [9.17, 15) is 19.8 Å². The molecule has 0 aromatic carbocycles. The average molecular weight is 373 g/mol. The van der Waals surface area contributed by atoms with Gasteiger partial charge in [0.2, 0.25) is 0 Å². The summed E-state index contributed by atoms with van der Waals surface area (Å²) in [4.78, 5) is 22.6. The van der Waals surface area contributed by atoms with Crippen molar-refractivity contribution in [3.05, 3.63) is 12.2 Å². The van der Waals surface area contributed by atoms with Gasteiger partial charge in [-0.1, -0.05) is 38.3 Å². The third-order valence-electron chi connectivity index (χ3n) is 4.54. The molecule has 1 aliphatic rings. The molecule has 0 radical (unpaired) electrons. The summed E-state index contributed by atoms with van der Waals surface area (Å²) in [6.45, 7) is 2.13. The van der Waals surface area contributed by atoms with Gasteiger partial charge < -0.3 is 15.3 Å². The van der Waals surface area contributed by atoms with Crippen LogP contribution in [0.15, 0.2) is 12.2 Å². The number of unbranched alkanes of at least 4 members (excludes halogenated alkanes) is 3. The maximum absolute atomic E-state index is 12.1. The molecule has 0 aromatic rings. The fourth-order valence-electron chi connectivity index (χ4n) is 3.09. The Kier molecular flexibility index (Phi) is 11.1. The van der Waals surface area contributed by atoms with Gasteiger partial charge in [-0.15, -0.1) is 0 Å². The number of carbonyl (C=O) groups excluding carboxylic acids is 1. The highest BCUT2D eigenvalue weighted by molar-refractivity contribution is 8.00. The second-order valence-electron chi connectivity index (χ2n) is 6.78. The first-order valence-corrected chi connectivity index (χ1v) is 10.4. The molecule has 0 aromatic heterocycles. The molecule has 1 saturated carbocycles. The third-order valence-corrected chi connectivity index (χ3v) is 6.14. The topological polar surface area (TPSA) is 94.8 Å². The van der Waals surface area contributed by atoms with Crippen LogP contribution in [0.25, 0.3) is 0 Å². The van der Waals surface area contributed by atoms with Crippen LogP contribution < -0.4 is 0 Å². The Labute approximate surface area is 154 Å². The minimum Gasteiger partial charge on any atom is -0.481 e. The number of allylic oxidation sites excluding steroid dienone is 2. The Morgan fingerprint density at radius 3 is 2.76 bits per heavy atom. The van der Waals surface area contributed by atoms with Crippen molar-refractivity contribution < 1.29 is 24.9 Å². The molecule has 0 saturated heterocycles. The Bertz CT molecular complexity index is 438. The molecule has 0 bridgehead atoms. The molecule has 1 aliphatic carbocycles. The van der Waals surface area contributed by atoms with Gasteiger partial charge >= 0.3 is 5.97 Å². The number of aliphatic hydroxyl groups excluding tert-OH is 2. The number of ketones is 1. The lowest BCUT2D eigenvalue weighted by Crippen LogP contribution is -2.25. The van der Waals surface area contributed by atoms with Crippen LogP contribution >= 0.6 is 11.8 Å². The van der Waals surface area contributed by atoms with Crippen molar-refractivity contribution in [2.45, 2.75) is 82.2 Å². The highest BCUT2D eigenvalue weighted by Crippen LogP contribution is 2.36. The van der Waals surface area contributed by atoms with E-state index in [-0.39, 0.29) is 35.9 Å². The van der Waals surface area contributed by atoms with E-state index < -0.39 is 12.1 Å². The number of Topliss-reactive ketones (excluding diaryl/α,β-unsaturated/α-hetero) is 1. The quantitative estimate of drug-likeness (QED) is 0.339. The van der Waals surface area contributed by atoms with Crippen LogP contribution in [0.4, 0.5) is 0 Å². The summed E-state index contributed by atoms with van der Waals surface area (Å²) < 4.78 is 0. The Hall–Kier alpha value is -0.850. The second-order valence-corrected chi connectivity index (χ2v) is 8.00. The van der Waals surface area contributed by atoms with Crippen LogP contribution in [-0.4, -0.2) is 50.3 Å². The zero-order valence-corrected chi connectivity index (χ0v) is 15.9. The van der Waals surface area contributed by atoms with Crippen molar-refractivity contribution in [2.75, 3.05) is 5.75 Å². The van der Waals surface area contributed by atoms with E-state index in [1.54, 1.807) is 0 Å². The van der Waals surface area contributed by atoms with Crippen LogP contribution in [0.5, 0.6) is 0 Å². The molecule has 0 amide bonds. The first-order chi connectivity index (χ1) is 12.0. The smallest absolute Gasteiger partial charge is 0.303 e. The number of hydrogen-bond donors (Lipinski definition) is 3. The van der Waals surface area contributed by atoms with E-state index >= 15 is 0 Å². The Morgan fingerprint density at radius 2 is 2.08 bits per heavy atom. The van der Waals surface area contributed by atoms with Gasteiger partial charge in [-0.3, -0.25) is 9.59 Å². The molecule has 6 heteroatoms. The Balaban J connectivity index is 2.38. The standard InChI is InChI=1S/C19H32O5S/c1-2-3-6-9-14(20)13-25-19-15(16(21)12-17(19)22)10-7-4-5-8-11-18(23)24/h4,7,14-15,17,19-20,22H,2-3,5-6,8-13H2,1H3,(H,23,24)/b7-4-. The van der Waals surface area contributed by atoms with Crippen LogP contribution in [0.1, 0.15) is 64.7 Å². The minimum atomic E-state index is -0.795. The fourth-order valence-corrected chi connectivity index (χ4v) is 4.51. The molecule has 4 unspecified atom stereocenters. The highest BCUT2D eigenvalue weighted by atomic mass is 32.2. The van der Waals surface area contributed by atoms with E-state index in [1.165, 1.54) is 11.8 Å². The molecule has 0 heterocycles. The Morgan fingerprint density at radius 1 is 1.32 bits per heavy atom. The van der Waals surface area contributed by atoms with Crippen molar-refractivity contribution in [1.82, 2.24) is 0 Å². The van der Waals surface area contributed by atoms with Gasteiger partial charge in [-0.25, -0.2) is 0 Å². The number of rotatable bonds is 13. The minimum absolute atomic E-state index is 0.0839. The van der Waals surface area contributed by atoms with Crippen molar-refractivity contribution in [1.29, 1.82) is 0 Å². The number of carbonyl (C=O) groups is 2. The third kappa shape index (κ3) is 8.88. The van der Waals surface area contributed by atoms with Gasteiger partial charge in [0.15, 0.2) is 0 Å². The molecule has 1 fully saturated rings. The normalized spacial score (nSPS) is 24.9. The van der Waals surface area contributed by atoms with E-state index in [2.05, 4.69) is 6.92 Å². The molecule has 25 heavy (non-hydrogen) atoms. The molecule has 1 rings (SSSR count). The molecule has 0 spiro atoms. The summed E-state index contributed by atoms with van der Waals surface area (Å²) in [7, 11) is 0. The maximum Gasteiger partial charge on any atom is 0.303 e. The van der Waals surface area contributed by atoms with Crippen molar-refractivity contribution >= 4 is 23.5 Å². The van der Waals surface area contributed by atoms with Crippen molar-refractivity contribution in [3.63, 3.8) is 0 Å². The highest BCUT2D eigenvalue weighted by Gasteiger charge is 2.41. The summed E-state index contributed by atoms with van der Waals surface area (Å²) in [6, 6.07) is 0. The maximum atomic E-state index is 12.1. The van der Waals surface area contributed by atoms with Crippen LogP contribution in [0, 0.1) is 5.92 Å². The number of aliphatic hydroxyl groups is 2. The number of aliphatic carboxylic acids is 1. The van der Waals surface area contributed by atoms with Gasteiger partial charge in [0.05, 0.1) is 12.2 Å². The zero-order chi connectivity index (χ0) is 18.7. The summed E-state index contributed by atoms with van der Waals surface area (Å²) in [5.74, 6) is -0.368. The molecule has 3 N–H and O–H groups in total. The first-order valence-electron chi connectivity index (χ1n) is 9.33. The van der Waals surface area contributed by atoms with Gasteiger partial charge in [0, 0.05) is 29.8 Å². The lowest BCUT2D eigenvalue weighted by molar-refractivity contribution is -0.137. The lowest BCUT2D eigenvalue weighted by Gasteiger charge is -2.21. The predicted molar refractivity (Wildman–Crippen MR) is 101 cm³/mol. The first kappa shape index (κ1) is 22.2.